The molecule has 0 amide bonds. The summed E-state index contributed by atoms with van der Waals surface area (Å²) >= 11 is 1.64. The van der Waals surface area contributed by atoms with E-state index in [1.807, 2.05) is 34.6 Å². The number of ether oxygens (including phenoxy) is 1. The number of carbonyl (C=O) groups excluding carboxylic acids is 1. The van der Waals surface area contributed by atoms with Crippen molar-refractivity contribution in [2.24, 2.45) is 5.73 Å². The molecular weight excluding hydrogens is 222 g/mol. The summed E-state index contributed by atoms with van der Waals surface area (Å²) in [4.78, 5) is 11.5. The van der Waals surface area contributed by atoms with E-state index in [1.54, 1.807) is 11.8 Å². The van der Waals surface area contributed by atoms with E-state index in [4.69, 9.17) is 10.5 Å². The van der Waals surface area contributed by atoms with Crippen molar-refractivity contribution < 1.29 is 9.53 Å². The molecule has 0 radical (unpaired) electrons. The second kappa shape index (κ2) is 6.97. The zero-order valence-electron chi connectivity index (χ0n) is 10.9. The van der Waals surface area contributed by atoms with E-state index >= 15 is 0 Å². The predicted molar refractivity (Wildman–Crippen MR) is 70.6 cm³/mol. The number of allylic oxidation sites excluding steroid dienone is 1. The van der Waals surface area contributed by atoms with E-state index in [0.717, 1.165) is 5.75 Å². The topological polar surface area (TPSA) is 52.3 Å². The second-order valence-electron chi connectivity index (χ2n) is 4.96. The Morgan fingerprint density at radius 2 is 2.00 bits per heavy atom. The molecule has 0 heterocycles. The van der Waals surface area contributed by atoms with Gasteiger partial charge in [0.15, 0.2) is 0 Å². The fourth-order valence-corrected chi connectivity index (χ4v) is 1.84. The first-order chi connectivity index (χ1) is 7.22. The summed E-state index contributed by atoms with van der Waals surface area (Å²) in [6.45, 7) is 9.62. The summed E-state index contributed by atoms with van der Waals surface area (Å²) in [6.07, 6.45) is 2.12. The Kier molecular flexibility index (Phi) is 6.76. The molecule has 0 aromatic rings. The Morgan fingerprint density at radius 1 is 1.44 bits per heavy atom. The van der Waals surface area contributed by atoms with Gasteiger partial charge in [0.1, 0.15) is 11.6 Å². The zero-order valence-corrected chi connectivity index (χ0v) is 11.7. The molecule has 0 aliphatic rings. The maximum absolute atomic E-state index is 11.5. The van der Waals surface area contributed by atoms with Crippen LogP contribution in [0, 0.1) is 0 Å². The Morgan fingerprint density at radius 3 is 2.44 bits per heavy atom. The van der Waals surface area contributed by atoms with Crippen LogP contribution in [0.15, 0.2) is 11.6 Å². The fourth-order valence-electron chi connectivity index (χ4n) is 0.866. The van der Waals surface area contributed by atoms with E-state index < -0.39 is 11.6 Å². The van der Waals surface area contributed by atoms with Crippen molar-refractivity contribution in [3.05, 3.63) is 11.6 Å². The first-order valence-electron chi connectivity index (χ1n) is 5.42. The molecule has 0 saturated carbocycles. The summed E-state index contributed by atoms with van der Waals surface area (Å²) in [7, 11) is 0. The minimum absolute atomic E-state index is 0.322. The average molecular weight is 245 g/mol. The second-order valence-corrected chi connectivity index (χ2v) is 6.03. The zero-order chi connectivity index (χ0) is 12.8. The molecule has 0 spiro atoms. The molecule has 0 unspecified atom stereocenters. The van der Waals surface area contributed by atoms with Gasteiger partial charge in [-0.25, -0.2) is 0 Å². The molecule has 0 saturated heterocycles. The van der Waals surface area contributed by atoms with Crippen LogP contribution in [-0.2, 0) is 9.53 Å². The molecule has 0 bridgehead atoms. The Labute approximate surface area is 103 Å². The number of carbonyl (C=O) groups is 1. The first kappa shape index (κ1) is 15.5. The summed E-state index contributed by atoms with van der Waals surface area (Å²) in [6, 6.07) is -0.533. The lowest BCUT2D eigenvalue weighted by molar-refractivity contribution is -0.155. The van der Waals surface area contributed by atoms with Crippen molar-refractivity contribution in [2.75, 3.05) is 11.5 Å². The number of esters is 1. The van der Waals surface area contributed by atoms with Gasteiger partial charge >= 0.3 is 5.97 Å². The van der Waals surface area contributed by atoms with Crippen LogP contribution in [0.2, 0.25) is 0 Å². The lowest BCUT2D eigenvalue weighted by Crippen LogP contribution is -2.39. The van der Waals surface area contributed by atoms with Gasteiger partial charge in [0.2, 0.25) is 0 Å². The van der Waals surface area contributed by atoms with E-state index in [0.29, 0.717) is 5.75 Å². The molecule has 0 rings (SSSR count). The molecule has 1 atom stereocenters. The van der Waals surface area contributed by atoms with Crippen LogP contribution in [-0.4, -0.2) is 29.1 Å². The highest BCUT2D eigenvalue weighted by molar-refractivity contribution is 7.99. The van der Waals surface area contributed by atoms with Gasteiger partial charge in [-0.2, -0.15) is 11.8 Å². The maximum atomic E-state index is 11.5. The molecule has 16 heavy (non-hydrogen) atoms. The van der Waals surface area contributed by atoms with Crippen molar-refractivity contribution in [3.8, 4) is 0 Å². The monoisotopic (exact) mass is 245 g/mol. The van der Waals surface area contributed by atoms with Crippen LogP contribution in [0.5, 0.6) is 0 Å². The lowest BCUT2D eigenvalue weighted by Gasteiger charge is -2.21. The molecule has 0 aliphatic heterocycles. The van der Waals surface area contributed by atoms with Crippen LogP contribution in [0.4, 0.5) is 0 Å². The van der Waals surface area contributed by atoms with E-state index in [2.05, 4.69) is 6.08 Å². The van der Waals surface area contributed by atoms with Gasteiger partial charge in [0.25, 0.3) is 0 Å². The third kappa shape index (κ3) is 8.80. The van der Waals surface area contributed by atoms with Gasteiger partial charge in [0.05, 0.1) is 0 Å². The van der Waals surface area contributed by atoms with Gasteiger partial charge in [-0.3, -0.25) is 4.79 Å². The van der Waals surface area contributed by atoms with Crippen molar-refractivity contribution >= 4 is 17.7 Å². The summed E-state index contributed by atoms with van der Waals surface area (Å²) < 4.78 is 5.18. The third-order valence-corrected chi connectivity index (χ3v) is 2.61. The quantitative estimate of drug-likeness (QED) is 0.459. The van der Waals surface area contributed by atoms with Crippen LogP contribution < -0.4 is 5.73 Å². The molecule has 94 valence electrons. The van der Waals surface area contributed by atoms with Crippen molar-refractivity contribution in [3.63, 3.8) is 0 Å². The molecule has 0 aromatic carbocycles. The summed E-state index contributed by atoms with van der Waals surface area (Å²) in [5.41, 5.74) is 6.54. The van der Waals surface area contributed by atoms with Crippen molar-refractivity contribution in [1.29, 1.82) is 0 Å². The number of thioether (sulfide) groups is 1. The molecule has 0 aromatic heterocycles. The van der Waals surface area contributed by atoms with Crippen LogP contribution in [0.1, 0.15) is 34.6 Å². The summed E-state index contributed by atoms with van der Waals surface area (Å²) in [5, 5.41) is 0. The van der Waals surface area contributed by atoms with Crippen LogP contribution in [0.3, 0.4) is 0 Å². The summed E-state index contributed by atoms with van der Waals surface area (Å²) in [5.74, 6) is 1.16. The van der Waals surface area contributed by atoms with Crippen molar-refractivity contribution in [1.82, 2.24) is 0 Å². The van der Waals surface area contributed by atoms with E-state index in [-0.39, 0.29) is 5.97 Å². The minimum Gasteiger partial charge on any atom is -0.459 e. The van der Waals surface area contributed by atoms with Crippen LogP contribution >= 0.6 is 11.8 Å². The van der Waals surface area contributed by atoms with Gasteiger partial charge in [-0.1, -0.05) is 11.6 Å². The largest absolute Gasteiger partial charge is 0.459 e. The third-order valence-electron chi connectivity index (χ3n) is 1.62. The lowest BCUT2D eigenvalue weighted by atomic mass is 10.2. The Bertz CT molecular complexity index is 252. The fraction of sp³-hybridized carbons (Fsp3) is 0.750. The van der Waals surface area contributed by atoms with Crippen molar-refractivity contribution in [2.45, 2.75) is 46.3 Å². The molecule has 4 heteroatoms. The molecule has 0 fully saturated rings. The Balaban J connectivity index is 3.85. The van der Waals surface area contributed by atoms with Gasteiger partial charge < -0.3 is 10.5 Å². The predicted octanol–water partition coefficient (Wildman–Crippen LogP) is 2.35. The maximum Gasteiger partial charge on any atom is 0.324 e. The van der Waals surface area contributed by atoms with Crippen LogP contribution in [0.25, 0.3) is 0 Å². The smallest absolute Gasteiger partial charge is 0.324 e. The highest BCUT2D eigenvalue weighted by atomic mass is 32.2. The minimum atomic E-state index is -0.533. The number of rotatable bonds is 5. The van der Waals surface area contributed by atoms with E-state index in [1.165, 1.54) is 5.57 Å². The highest BCUT2D eigenvalue weighted by Crippen LogP contribution is 2.10. The first-order valence-corrected chi connectivity index (χ1v) is 6.57. The van der Waals surface area contributed by atoms with Gasteiger partial charge in [0, 0.05) is 11.5 Å². The number of hydrogen-bond donors (Lipinski definition) is 1. The SMILES string of the molecule is CC(C)=CCSC[C@H](N)C(=O)OC(C)(C)C. The molecule has 2 N–H and O–H groups in total. The van der Waals surface area contributed by atoms with Gasteiger partial charge in [-0.05, 0) is 34.6 Å². The normalized spacial score (nSPS) is 13.1. The number of hydrogen-bond acceptors (Lipinski definition) is 4. The molecular formula is C12H23NO2S. The Hall–Kier alpha value is -0.480. The van der Waals surface area contributed by atoms with Gasteiger partial charge in [-0.15, -0.1) is 0 Å². The standard InChI is InChI=1S/C12H23NO2S/c1-9(2)6-7-16-8-10(13)11(14)15-12(3,4)5/h6,10H,7-8,13H2,1-5H3/t10-/m0/s1. The average Bonchev–Trinajstić information content (AvgIpc) is 2.08. The molecule has 0 aliphatic carbocycles. The number of nitrogens with two attached hydrogens (primary N) is 1. The highest BCUT2D eigenvalue weighted by Gasteiger charge is 2.21. The van der Waals surface area contributed by atoms with E-state index in [9.17, 15) is 4.79 Å². The molecule has 3 nitrogen and oxygen atoms in total.